The van der Waals surface area contributed by atoms with Crippen molar-refractivity contribution >= 4 is 11.8 Å². The number of methoxy groups -OCH3 is 1. The van der Waals surface area contributed by atoms with Crippen molar-refractivity contribution in [3.05, 3.63) is 89.1 Å². The van der Waals surface area contributed by atoms with Crippen molar-refractivity contribution in [1.82, 2.24) is 4.98 Å². The average Bonchev–Trinajstić information content (AvgIpc) is 2.79. The molecule has 0 aliphatic carbocycles. The zero-order valence-electron chi connectivity index (χ0n) is 15.7. The topological polar surface area (TPSA) is 93.5 Å². The molecule has 0 bridgehead atoms. The van der Waals surface area contributed by atoms with Crippen LogP contribution in [-0.4, -0.2) is 12.1 Å². The molecular formula is C24H16N4O. The lowest BCUT2D eigenvalue weighted by molar-refractivity contribution is 0.372. The van der Waals surface area contributed by atoms with Crippen LogP contribution in [0.3, 0.4) is 0 Å². The van der Waals surface area contributed by atoms with Crippen LogP contribution in [0.5, 0.6) is 0 Å². The normalized spacial score (nSPS) is 10.7. The quantitative estimate of drug-likeness (QED) is 0.591. The van der Waals surface area contributed by atoms with Gasteiger partial charge in [-0.2, -0.15) is 15.8 Å². The summed E-state index contributed by atoms with van der Waals surface area (Å²) in [6, 6.07) is 26.6. The first-order valence-corrected chi connectivity index (χ1v) is 8.82. The van der Waals surface area contributed by atoms with E-state index in [2.05, 4.69) is 11.1 Å². The zero-order valence-corrected chi connectivity index (χ0v) is 15.7. The first-order valence-electron chi connectivity index (χ1n) is 8.82. The maximum atomic E-state index is 9.78. The number of pyridine rings is 1. The standard InChI is InChI=1S/C24H16N4O/c1-29-23(18-10-6-3-7-11-18)13-19-12-22(17-8-4-2-5-9-17)28-24(21(19)16-27)20(14-25)15-26/h2-13,20H,1H3/b23-13-. The second kappa shape index (κ2) is 9.00. The molecule has 0 radical (unpaired) electrons. The monoisotopic (exact) mass is 376 g/mol. The predicted molar refractivity (Wildman–Crippen MR) is 110 cm³/mol. The molecule has 0 aliphatic rings. The van der Waals surface area contributed by atoms with Gasteiger partial charge in [0.2, 0.25) is 0 Å². The summed E-state index contributed by atoms with van der Waals surface area (Å²) in [6.45, 7) is 0. The molecule has 5 nitrogen and oxygen atoms in total. The summed E-state index contributed by atoms with van der Waals surface area (Å²) in [5.41, 5.74) is 3.10. The van der Waals surface area contributed by atoms with E-state index in [9.17, 15) is 15.8 Å². The third kappa shape index (κ3) is 4.14. The van der Waals surface area contributed by atoms with Crippen molar-refractivity contribution in [1.29, 1.82) is 15.8 Å². The number of nitriles is 3. The van der Waals surface area contributed by atoms with Crippen molar-refractivity contribution in [2.24, 2.45) is 0 Å². The summed E-state index contributed by atoms with van der Waals surface area (Å²) in [4.78, 5) is 4.48. The van der Waals surface area contributed by atoms with Gasteiger partial charge in [-0.3, -0.25) is 0 Å². The molecule has 5 heteroatoms. The summed E-state index contributed by atoms with van der Waals surface area (Å²) >= 11 is 0. The Morgan fingerprint density at radius 3 is 2.14 bits per heavy atom. The minimum Gasteiger partial charge on any atom is -0.496 e. The third-order valence-electron chi connectivity index (χ3n) is 4.36. The van der Waals surface area contributed by atoms with Gasteiger partial charge >= 0.3 is 0 Å². The molecule has 0 amide bonds. The van der Waals surface area contributed by atoms with Gasteiger partial charge in [-0.1, -0.05) is 60.7 Å². The molecule has 0 fully saturated rings. The Balaban J connectivity index is 2.29. The number of ether oxygens (including phenoxy) is 1. The Labute approximate surface area is 169 Å². The van der Waals surface area contributed by atoms with Crippen molar-refractivity contribution in [2.75, 3.05) is 7.11 Å². The molecule has 0 N–H and O–H groups in total. The van der Waals surface area contributed by atoms with Gasteiger partial charge in [0.05, 0.1) is 36.2 Å². The van der Waals surface area contributed by atoms with Crippen LogP contribution in [0.4, 0.5) is 0 Å². The Kier molecular flexibility index (Phi) is 6.01. The summed E-state index contributed by atoms with van der Waals surface area (Å²) in [6.07, 6.45) is 1.73. The highest BCUT2D eigenvalue weighted by Gasteiger charge is 2.21. The minimum atomic E-state index is -1.15. The van der Waals surface area contributed by atoms with Crippen LogP contribution in [0.15, 0.2) is 66.7 Å². The van der Waals surface area contributed by atoms with Gasteiger partial charge in [0.1, 0.15) is 11.8 Å². The van der Waals surface area contributed by atoms with Gasteiger partial charge in [0, 0.05) is 11.1 Å². The van der Waals surface area contributed by atoms with Crippen molar-refractivity contribution in [3.8, 4) is 29.5 Å². The Bertz CT molecular complexity index is 1150. The number of hydrogen-bond acceptors (Lipinski definition) is 5. The summed E-state index contributed by atoms with van der Waals surface area (Å²) in [5, 5.41) is 28.6. The minimum absolute atomic E-state index is 0.147. The van der Waals surface area contributed by atoms with Gasteiger partial charge in [0.25, 0.3) is 0 Å². The van der Waals surface area contributed by atoms with Crippen LogP contribution >= 0.6 is 0 Å². The van der Waals surface area contributed by atoms with Crippen LogP contribution in [0.2, 0.25) is 0 Å². The van der Waals surface area contributed by atoms with E-state index in [4.69, 9.17) is 4.74 Å². The Morgan fingerprint density at radius 2 is 1.59 bits per heavy atom. The van der Waals surface area contributed by atoms with Crippen molar-refractivity contribution < 1.29 is 4.74 Å². The molecule has 0 atom stereocenters. The van der Waals surface area contributed by atoms with Gasteiger partial charge in [-0.15, -0.1) is 0 Å². The summed E-state index contributed by atoms with van der Waals surface area (Å²) in [5.74, 6) is -0.591. The third-order valence-corrected chi connectivity index (χ3v) is 4.36. The van der Waals surface area contributed by atoms with E-state index >= 15 is 0 Å². The first-order chi connectivity index (χ1) is 14.2. The molecule has 0 saturated heterocycles. The van der Waals surface area contributed by atoms with Crippen LogP contribution in [0, 0.1) is 34.0 Å². The number of hydrogen-bond donors (Lipinski definition) is 0. The number of aromatic nitrogens is 1. The van der Waals surface area contributed by atoms with Crippen LogP contribution < -0.4 is 0 Å². The number of nitrogens with zero attached hydrogens (tertiary/aromatic N) is 4. The van der Waals surface area contributed by atoms with Crippen LogP contribution in [-0.2, 0) is 4.74 Å². The molecule has 1 aromatic heterocycles. The number of rotatable bonds is 5. The number of benzene rings is 2. The smallest absolute Gasteiger partial charge is 0.176 e. The fraction of sp³-hybridized carbons (Fsp3) is 0.0833. The Hall–Kier alpha value is -4.40. The highest BCUT2D eigenvalue weighted by Crippen LogP contribution is 2.29. The van der Waals surface area contributed by atoms with Crippen molar-refractivity contribution in [2.45, 2.75) is 5.92 Å². The molecule has 3 rings (SSSR count). The maximum absolute atomic E-state index is 9.78. The fourth-order valence-electron chi connectivity index (χ4n) is 2.94. The molecule has 0 unspecified atom stereocenters. The molecule has 3 aromatic rings. The summed E-state index contributed by atoms with van der Waals surface area (Å²) in [7, 11) is 1.55. The molecule has 1 heterocycles. The van der Waals surface area contributed by atoms with Crippen LogP contribution in [0.1, 0.15) is 28.3 Å². The predicted octanol–water partition coefficient (Wildman–Crippen LogP) is 4.90. The molecule has 29 heavy (non-hydrogen) atoms. The highest BCUT2D eigenvalue weighted by atomic mass is 16.5. The van der Waals surface area contributed by atoms with E-state index in [1.807, 2.05) is 72.8 Å². The first kappa shape index (κ1) is 19.4. The lowest BCUT2D eigenvalue weighted by Crippen LogP contribution is -2.04. The molecule has 138 valence electrons. The van der Waals surface area contributed by atoms with E-state index in [-0.39, 0.29) is 11.3 Å². The fourth-order valence-corrected chi connectivity index (χ4v) is 2.94. The van der Waals surface area contributed by atoms with E-state index in [1.165, 1.54) is 0 Å². The van der Waals surface area contributed by atoms with Gasteiger partial charge in [-0.05, 0) is 17.7 Å². The SMILES string of the molecule is CO/C(=C\c1cc(-c2ccccc2)nc(C(C#N)C#N)c1C#N)c1ccccc1. The summed E-state index contributed by atoms with van der Waals surface area (Å²) < 4.78 is 5.54. The molecule has 0 spiro atoms. The molecular weight excluding hydrogens is 360 g/mol. The van der Waals surface area contributed by atoms with E-state index in [0.717, 1.165) is 11.1 Å². The van der Waals surface area contributed by atoms with Crippen LogP contribution in [0.25, 0.3) is 23.1 Å². The second-order valence-electron chi connectivity index (χ2n) is 6.10. The maximum Gasteiger partial charge on any atom is 0.176 e. The lowest BCUT2D eigenvalue weighted by Gasteiger charge is -2.12. The van der Waals surface area contributed by atoms with Gasteiger partial charge in [-0.25, -0.2) is 4.98 Å². The van der Waals surface area contributed by atoms with Gasteiger partial charge in [0.15, 0.2) is 5.92 Å². The van der Waals surface area contributed by atoms with E-state index in [0.29, 0.717) is 17.0 Å². The molecule has 2 aromatic carbocycles. The average molecular weight is 376 g/mol. The van der Waals surface area contributed by atoms with E-state index in [1.54, 1.807) is 19.3 Å². The molecule has 0 saturated carbocycles. The van der Waals surface area contributed by atoms with E-state index < -0.39 is 5.92 Å². The van der Waals surface area contributed by atoms with Crippen molar-refractivity contribution in [3.63, 3.8) is 0 Å². The highest BCUT2D eigenvalue weighted by molar-refractivity contribution is 5.81. The lowest BCUT2D eigenvalue weighted by atomic mass is 9.95. The molecule has 0 aliphatic heterocycles. The second-order valence-corrected chi connectivity index (χ2v) is 6.10. The Morgan fingerprint density at radius 1 is 0.966 bits per heavy atom. The zero-order chi connectivity index (χ0) is 20.6. The van der Waals surface area contributed by atoms with Gasteiger partial charge < -0.3 is 4.74 Å². The largest absolute Gasteiger partial charge is 0.496 e.